The quantitative estimate of drug-likeness (QED) is 0.634. The molecule has 1 unspecified atom stereocenters. The molecule has 3 atom stereocenters. The van der Waals surface area contributed by atoms with Crippen molar-refractivity contribution in [3.05, 3.63) is 24.3 Å². The summed E-state index contributed by atoms with van der Waals surface area (Å²) in [7, 11) is 0. The molecule has 0 aromatic heterocycles. The van der Waals surface area contributed by atoms with Crippen LogP contribution in [0.1, 0.15) is 52.4 Å². The van der Waals surface area contributed by atoms with Gasteiger partial charge in [-0.3, -0.25) is 14.4 Å². The number of nitrogens with zero attached hydrogens (tertiary/aromatic N) is 1. The second kappa shape index (κ2) is 10.6. The zero-order chi connectivity index (χ0) is 21.5. The van der Waals surface area contributed by atoms with Crippen LogP contribution in [0.4, 0.5) is 11.4 Å². The van der Waals surface area contributed by atoms with Gasteiger partial charge in [0.15, 0.2) is 13.1 Å². The van der Waals surface area contributed by atoms with Crippen LogP contribution in [0.5, 0.6) is 0 Å². The van der Waals surface area contributed by atoms with Crippen molar-refractivity contribution in [2.45, 2.75) is 58.4 Å². The van der Waals surface area contributed by atoms with Crippen LogP contribution in [0, 0.1) is 5.92 Å². The number of quaternary nitrogens is 1. The summed E-state index contributed by atoms with van der Waals surface area (Å²) in [6.07, 6.45) is 7.25. The number of likely N-dealkylation sites (N-methyl/N-ethyl adjacent to an activating group) is 1. The number of carbonyl (C=O) groups is 3. The number of nitrogens with one attached hydrogen (secondary N) is 3. The van der Waals surface area contributed by atoms with Crippen molar-refractivity contribution in [1.82, 2.24) is 4.90 Å². The minimum atomic E-state index is -0.133. The summed E-state index contributed by atoms with van der Waals surface area (Å²) in [5.41, 5.74) is 1.37. The molecule has 1 aliphatic carbocycles. The van der Waals surface area contributed by atoms with Crippen molar-refractivity contribution in [2.24, 2.45) is 5.92 Å². The lowest BCUT2D eigenvalue weighted by Gasteiger charge is -2.44. The van der Waals surface area contributed by atoms with E-state index in [0.29, 0.717) is 29.9 Å². The fraction of sp³-hybridized carbons (Fsp3) is 0.609. The Bertz CT molecular complexity index is 747. The van der Waals surface area contributed by atoms with Gasteiger partial charge < -0.3 is 20.4 Å². The Morgan fingerprint density at radius 2 is 1.60 bits per heavy atom. The molecule has 7 nitrogen and oxygen atoms in total. The van der Waals surface area contributed by atoms with E-state index in [2.05, 4.69) is 15.5 Å². The zero-order valence-corrected chi connectivity index (χ0v) is 18.2. The molecule has 3 rings (SSSR count). The van der Waals surface area contributed by atoms with E-state index in [-0.39, 0.29) is 24.3 Å². The monoisotopic (exact) mass is 415 g/mol. The van der Waals surface area contributed by atoms with Crippen LogP contribution < -0.4 is 15.5 Å². The van der Waals surface area contributed by atoms with Gasteiger partial charge in [-0.15, -0.1) is 0 Å². The summed E-state index contributed by atoms with van der Waals surface area (Å²) in [6, 6.07) is 7.44. The minimum Gasteiger partial charge on any atom is -0.335 e. The standard InChI is InChI=1S/C23H34N4O3/c1-3-26(15-22(29)25-20-12-10-19(11-13-20)24-17(2)28)16-23(30)27-14-6-8-18-7-4-5-9-21(18)27/h10-13,18,21H,3-9,14-16H2,1-2H3,(H,24,28)(H,25,29)/p+1/t18-,21+/m1/s1. The van der Waals surface area contributed by atoms with E-state index >= 15 is 0 Å². The third kappa shape index (κ3) is 6.05. The van der Waals surface area contributed by atoms with Gasteiger partial charge in [0.05, 0.1) is 6.54 Å². The van der Waals surface area contributed by atoms with Crippen molar-refractivity contribution in [3.8, 4) is 0 Å². The van der Waals surface area contributed by atoms with Crippen LogP contribution in [-0.2, 0) is 14.4 Å². The third-order valence-electron chi connectivity index (χ3n) is 6.36. The maximum atomic E-state index is 13.0. The molecule has 3 amide bonds. The van der Waals surface area contributed by atoms with Gasteiger partial charge in [0.1, 0.15) is 0 Å². The first kappa shape index (κ1) is 22.3. The molecule has 164 valence electrons. The smallest absolute Gasteiger partial charge is 0.279 e. The maximum absolute atomic E-state index is 13.0. The van der Waals surface area contributed by atoms with E-state index in [0.717, 1.165) is 30.8 Å². The summed E-state index contributed by atoms with van der Waals surface area (Å²) < 4.78 is 0. The number of carbonyl (C=O) groups excluding carboxylic acids is 3. The number of hydrogen-bond acceptors (Lipinski definition) is 3. The Morgan fingerprint density at radius 1 is 0.967 bits per heavy atom. The van der Waals surface area contributed by atoms with Gasteiger partial charge in [0, 0.05) is 30.9 Å². The minimum absolute atomic E-state index is 0.110. The van der Waals surface area contributed by atoms with Crippen molar-refractivity contribution < 1.29 is 19.3 Å². The highest BCUT2D eigenvalue weighted by Gasteiger charge is 2.36. The largest absolute Gasteiger partial charge is 0.335 e. The Morgan fingerprint density at radius 3 is 2.27 bits per heavy atom. The van der Waals surface area contributed by atoms with Crippen LogP contribution in [0.25, 0.3) is 0 Å². The van der Waals surface area contributed by atoms with Gasteiger partial charge in [-0.1, -0.05) is 12.8 Å². The summed E-state index contributed by atoms with van der Waals surface area (Å²) in [4.78, 5) is 39.7. The zero-order valence-electron chi connectivity index (χ0n) is 18.2. The van der Waals surface area contributed by atoms with Crippen LogP contribution >= 0.6 is 0 Å². The molecule has 0 radical (unpaired) electrons. The summed E-state index contributed by atoms with van der Waals surface area (Å²) in [6.45, 7) is 5.69. The summed E-state index contributed by atoms with van der Waals surface area (Å²) in [5.74, 6) is 0.620. The van der Waals surface area contributed by atoms with Crippen molar-refractivity contribution >= 4 is 29.1 Å². The number of amides is 3. The molecule has 0 bridgehead atoms. The molecule has 3 N–H and O–H groups in total. The first-order valence-electron chi connectivity index (χ1n) is 11.3. The van der Waals surface area contributed by atoms with E-state index in [1.54, 1.807) is 24.3 Å². The second-order valence-corrected chi connectivity index (χ2v) is 8.61. The van der Waals surface area contributed by atoms with Gasteiger partial charge in [-0.05, 0) is 62.8 Å². The van der Waals surface area contributed by atoms with Crippen LogP contribution in [-0.4, -0.2) is 54.8 Å². The van der Waals surface area contributed by atoms with Crippen molar-refractivity contribution in [1.29, 1.82) is 0 Å². The fourth-order valence-corrected chi connectivity index (χ4v) is 4.83. The molecule has 2 fully saturated rings. The SMILES string of the molecule is CC[NH+](CC(=O)Nc1ccc(NC(C)=O)cc1)CC(=O)N1CCC[C@H]2CCCC[C@@H]21. The summed E-state index contributed by atoms with van der Waals surface area (Å²) in [5, 5.41) is 5.59. The topological polar surface area (TPSA) is 83.0 Å². The van der Waals surface area contributed by atoms with E-state index in [4.69, 9.17) is 0 Å². The Hall–Kier alpha value is -2.41. The van der Waals surface area contributed by atoms with E-state index in [9.17, 15) is 14.4 Å². The Balaban J connectivity index is 1.51. The van der Waals surface area contributed by atoms with Crippen LogP contribution in [0.3, 0.4) is 0 Å². The fourth-order valence-electron chi connectivity index (χ4n) is 4.83. The predicted octanol–water partition coefficient (Wildman–Crippen LogP) is 1.67. The van der Waals surface area contributed by atoms with Gasteiger partial charge in [-0.25, -0.2) is 0 Å². The van der Waals surface area contributed by atoms with E-state index in [1.807, 2.05) is 6.92 Å². The van der Waals surface area contributed by atoms with Gasteiger partial charge in [-0.2, -0.15) is 0 Å². The number of fused-ring (bicyclic) bond motifs is 1. The summed E-state index contributed by atoms with van der Waals surface area (Å²) >= 11 is 0. The molecule has 1 saturated heterocycles. The number of anilines is 2. The lowest BCUT2D eigenvalue weighted by atomic mass is 9.78. The molecule has 0 spiro atoms. The van der Waals surface area contributed by atoms with Crippen molar-refractivity contribution in [3.63, 3.8) is 0 Å². The van der Waals surface area contributed by atoms with E-state index < -0.39 is 0 Å². The molecular weight excluding hydrogens is 380 g/mol. The number of benzene rings is 1. The lowest BCUT2D eigenvalue weighted by Crippen LogP contribution is -3.14. The molecule has 7 heteroatoms. The molecule has 1 heterocycles. The van der Waals surface area contributed by atoms with E-state index in [1.165, 1.54) is 32.6 Å². The third-order valence-corrected chi connectivity index (χ3v) is 6.36. The first-order chi connectivity index (χ1) is 14.5. The van der Waals surface area contributed by atoms with Crippen LogP contribution in [0.2, 0.25) is 0 Å². The highest BCUT2D eigenvalue weighted by atomic mass is 16.2. The Kier molecular flexibility index (Phi) is 7.85. The van der Waals surface area contributed by atoms with Gasteiger partial charge in [0.2, 0.25) is 5.91 Å². The van der Waals surface area contributed by atoms with Crippen LogP contribution in [0.15, 0.2) is 24.3 Å². The Labute approximate surface area is 179 Å². The molecule has 1 saturated carbocycles. The lowest BCUT2D eigenvalue weighted by molar-refractivity contribution is -0.882. The predicted molar refractivity (Wildman–Crippen MR) is 117 cm³/mol. The highest BCUT2D eigenvalue weighted by Crippen LogP contribution is 2.35. The number of hydrogen-bond donors (Lipinski definition) is 3. The number of piperidine rings is 1. The number of rotatable bonds is 7. The molecule has 1 aromatic carbocycles. The normalized spacial score (nSPS) is 22.0. The van der Waals surface area contributed by atoms with Gasteiger partial charge >= 0.3 is 0 Å². The van der Waals surface area contributed by atoms with Gasteiger partial charge in [0.25, 0.3) is 11.8 Å². The second-order valence-electron chi connectivity index (χ2n) is 8.61. The molecule has 1 aliphatic heterocycles. The maximum Gasteiger partial charge on any atom is 0.279 e. The molecule has 1 aromatic rings. The van der Waals surface area contributed by atoms with Crippen molar-refractivity contribution in [2.75, 3.05) is 36.8 Å². The molecule has 30 heavy (non-hydrogen) atoms. The molecule has 2 aliphatic rings. The number of likely N-dealkylation sites (tertiary alicyclic amines) is 1. The first-order valence-corrected chi connectivity index (χ1v) is 11.3. The highest BCUT2D eigenvalue weighted by molar-refractivity contribution is 5.92. The average Bonchev–Trinajstić information content (AvgIpc) is 2.73. The average molecular weight is 416 g/mol. The molecular formula is C23H35N4O3+.